The number of nitrogens with zero attached hydrogens (tertiary/aromatic N) is 1. The van der Waals surface area contributed by atoms with E-state index in [1.54, 1.807) is 0 Å². The number of rotatable bonds is 8. The zero-order valence-corrected chi connectivity index (χ0v) is 10.8. The van der Waals surface area contributed by atoms with E-state index < -0.39 is 0 Å². The van der Waals surface area contributed by atoms with Crippen LogP contribution in [-0.4, -0.2) is 40.0 Å². The molecule has 1 aromatic rings. The summed E-state index contributed by atoms with van der Waals surface area (Å²) in [7, 11) is 0. The van der Waals surface area contributed by atoms with Crippen LogP contribution in [0.3, 0.4) is 0 Å². The molecule has 0 aliphatic heterocycles. The Morgan fingerprint density at radius 3 is 3.00 bits per heavy atom. The molecule has 0 aliphatic carbocycles. The molecule has 0 saturated heterocycles. The number of aromatic nitrogens is 2. The summed E-state index contributed by atoms with van der Waals surface area (Å²) >= 11 is 1.88. The summed E-state index contributed by atoms with van der Waals surface area (Å²) in [5, 5.41) is 19.0. The standard InChI is InChI=1S/C11H21N3OS/c1-9(11-8-13-14-10(11)2)12-4-7-16-6-3-5-15/h8-9,12,15H,3-7H2,1-2H3,(H,13,14). The van der Waals surface area contributed by atoms with Gasteiger partial charge in [-0.25, -0.2) is 0 Å². The lowest BCUT2D eigenvalue weighted by Crippen LogP contribution is -2.21. The minimum absolute atomic E-state index is 0.297. The van der Waals surface area contributed by atoms with Gasteiger partial charge in [-0.3, -0.25) is 5.10 Å². The van der Waals surface area contributed by atoms with Crippen molar-refractivity contribution in [3.8, 4) is 0 Å². The van der Waals surface area contributed by atoms with Gasteiger partial charge >= 0.3 is 0 Å². The minimum atomic E-state index is 0.297. The zero-order valence-electron chi connectivity index (χ0n) is 9.99. The highest BCUT2D eigenvalue weighted by atomic mass is 32.2. The first kappa shape index (κ1) is 13.5. The van der Waals surface area contributed by atoms with Crippen molar-refractivity contribution in [2.75, 3.05) is 24.7 Å². The molecule has 0 aromatic carbocycles. The Bertz CT molecular complexity index is 291. The zero-order chi connectivity index (χ0) is 11.8. The molecule has 1 atom stereocenters. The molecule has 92 valence electrons. The quantitative estimate of drug-likeness (QED) is 0.605. The topological polar surface area (TPSA) is 60.9 Å². The minimum Gasteiger partial charge on any atom is -0.396 e. The normalized spacial score (nSPS) is 12.9. The third-order valence-electron chi connectivity index (χ3n) is 2.48. The SMILES string of the molecule is Cc1[nH]ncc1C(C)NCCSCCCO. The number of aromatic amines is 1. The molecule has 1 aromatic heterocycles. The molecule has 0 amide bonds. The van der Waals surface area contributed by atoms with E-state index in [1.165, 1.54) is 5.56 Å². The van der Waals surface area contributed by atoms with Gasteiger partial charge < -0.3 is 10.4 Å². The van der Waals surface area contributed by atoms with Crippen LogP contribution in [0.2, 0.25) is 0 Å². The molecule has 16 heavy (non-hydrogen) atoms. The van der Waals surface area contributed by atoms with Crippen molar-refractivity contribution in [1.82, 2.24) is 15.5 Å². The first-order valence-corrected chi connectivity index (χ1v) is 6.83. The van der Waals surface area contributed by atoms with Crippen LogP contribution in [0.15, 0.2) is 6.20 Å². The van der Waals surface area contributed by atoms with Crippen LogP contribution in [0, 0.1) is 6.92 Å². The predicted molar refractivity (Wildman–Crippen MR) is 68.8 cm³/mol. The molecule has 4 nitrogen and oxygen atoms in total. The maximum absolute atomic E-state index is 8.63. The smallest absolute Gasteiger partial charge is 0.0537 e. The van der Waals surface area contributed by atoms with Crippen LogP contribution in [0.1, 0.15) is 30.6 Å². The monoisotopic (exact) mass is 243 g/mol. The molecule has 1 unspecified atom stereocenters. The van der Waals surface area contributed by atoms with Crippen LogP contribution in [0.25, 0.3) is 0 Å². The van der Waals surface area contributed by atoms with Crippen molar-refractivity contribution in [2.45, 2.75) is 26.3 Å². The highest BCUT2D eigenvalue weighted by Gasteiger charge is 2.08. The Labute approximate surface area is 101 Å². The van der Waals surface area contributed by atoms with Gasteiger partial charge in [-0.1, -0.05) is 0 Å². The molecule has 0 saturated carbocycles. The largest absolute Gasteiger partial charge is 0.396 e. The number of aryl methyl sites for hydroxylation is 1. The van der Waals surface area contributed by atoms with Crippen molar-refractivity contribution in [2.24, 2.45) is 0 Å². The van der Waals surface area contributed by atoms with E-state index in [0.717, 1.165) is 30.2 Å². The van der Waals surface area contributed by atoms with Gasteiger partial charge in [0.25, 0.3) is 0 Å². The van der Waals surface area contributed by atoms with Crippen LogP contribution < -0.4 is 5.32 Å². The predicted octanol–water partition coefficient (Wildman–Crippen LogP) is 1.48. The summed E-state index contributed by atoms with van der Waals surface area (Å²) in [6, 6.07) is 0.345. The number of hydrogen-bond donors (Lipinski definition) is 3. The molecule has 0 bridgehead atoms. The first-order valence-electron chi connectivity index (χ1n) is 5.67. The number of hydrogen-bond acceptors (Lipinski definition) is 4. The summed E-state index contributed by atoms with van der Waals surface area (Å²) in [6.07, 6.45) is 2.77. The fourth-order valence-electron chi connectivity index (χ4n) is 1.52. The van der Waals surface area contributed by atoms with E-state index in [4.69, 9.17) is 5.11 Å². The van der Waals surface area contributed by atoms with E-state index in [-0.39, 0.29) is 0 Å². The summed E-state index contributed by atoms with van der Waals surface area (Å²) in [5.41, 5.74) is 2.37. The van der Waals surface area contributed by atoms with E-state index in [1.807, 2.05) is 24.9 Å². The molecular weight excluding hydrogens is 222 g/mol. The van der Waals surface area contributed by atoms with E-state index >= 15 is 0 Å². The molecule has 0 spiro atoms. The van der Waals surface area contributed by atoms with E-state index in [9.17, 15) is 0 Å². The molecule has 1 rings (SSSR count). The third kappa shape index (κ3) is 4.55. The summed E-state index contributed by atoms with van der Waals surface area (Å²) in [6.45, 7) is 5.47. The van der Waals surface area contributed by atoms with Gasteiger partial charge in [0, 0.05) is 36.2 Å². The second-order valence-corrected chi connectivity index (χ2v) is 5.04. The van der Waals surface area contributed by atoms with Gasteiger partial charge in [-0.05, 0) is 26.0 Å². The number of aliphatic hydroxyl groups excluding tert-OH is 1. The van der Waals surface area contributed by atoms with Gasteiger partial charge in [0.1, 0.15) is 0 Å². The molecule has 0 fully saturated rings. The number of aliphatic hydroxyl groups is 1. The van der Waals surface area contributed by atoms with Crippen molar-refractivity contribution in [3.63, 3.8) is 0 Å². The maximum atomic E-state index is 8.63. The number of nitrogens with one attached hydrogen (secondary N) is 2. The van der Waals surface area contributed by atoms with Crippen LogP contribution >= 0.6 is 11.8 Å². The summed E-state index contributed by atoms with van der Waals surface area (Å²) in [5.74, 6) is 2.12. The molecule has 1 heterocycles. The van der Waals surface area contributed by atoms with Crippen molar-refractivity contribution in [1.29, 1.82) is 0 Å². The summed E-state index contributed by atoms with van der Waals surface area (Å²) in [4.78, 5) is 0. The second kappa shape index (κ2) is 7.70. The van der Waals surface area contributed by atoms with Gasteiger partial charge in [0.05, 0.1) is 6.20 Å². The molecule has 3 N–H and O–H groups in total. The lowest BCUT2D eigenvalue weighted by Gasteiger charge is -2.12. The van der Waals surface area contributed by atoms with Crippen molar-refractivity contribution < 1.29 is 5.11 Å². The molecule has 0 aliphatic rings. The van der Waals surface area contributed by atoms with Crippen molar-refractivity contribution >= 4 is 11.8 Å². The van der Waals surface area contributed by atoms with E-state index in [0.29, 0.717) is 12.6 Å². The third-order valence-corrected chi connectivity index (χ3v) is 3.55. The van der Waals surface area contributed by atoms with Gasteiger partial charge in [-0.2, -0.15) is 16.9 Å². The lowest BCUT2D eigenvalue weighted by atomic mass is 10.1. The van der Waals surface area contributed by atoms with Gasteiger partial charge in [-0.15, -0.1) is 0 Å². The Kier molecular flexibility index (Phi) is 6.52. The average Bonchev–Trinajstić information content (AvgIpc) is 2.69. The van der Waals surface area contributed by atoms with Crippen molar-refractivity contribution in [3.05, 3.63) is 17.5 Å². The highest BCUT2D eigenvalue weighted by molar-refractivity contribution is 7.99. The lowest BCUT2D eigenvalue weighted by molar-refractivity contribution is 0.296. The molecular formula is C11H21N3OS. The molecule has 0 radical (unpaired) electrons. The summed E-state index contributed by atoms with van der Waals surface area (Å²) < 4.78 is 0. The van der Waals surface area contributed by atoms with Crippen LogP contribution in [0.4, 0.5) is 0 Å². The molecule has 5 heteroatoms. The van der Waals surface area contributed by atoms with Gasteiger partial charge in [0.15, 0.2) is 0 Å². The van der Waals surface area contributed by atoms with Crippen LogP contribution in [0.5, 0.6) is 0 Å². The van der Waals surface area contributed by atoms with E-state index in [2.05, 4.69) is 22.4 Å². The number of thioether (sulfide) groups is 1. The van der Waals surface area contributed by atoms with Crippen LogP contribution in [-0.2, 0) is 0 Å². The first-order chi connectivity index (χ1) is 7.75. The average molecular weight is 243 g/mol. The Morgan fingerprint density at radius 1 is 1.56 bits per heavy atom. The Balaban J connectivity index is 2.11. The second-order valence-electron chi connectivity index (χ2n) is 3.82. The fourth-order valence-corrected chi connectivity index (χ4v) is 2.32. The highest BCUT2D eigenvalue weighted by Crippen LogP contribution is 2.14. The Hall–Kier alpha value is -0.520. The maximum Gasteiger partial charge on any atom is 0.0537 e. The number of H-pyrrole nitrogens is 1. The fraction of sp³-hybridized carbons (Fsp3) is 0.727. The van der Waals surface area contributed by atoms with Gasteiger partial charge in [0.2, 0.25) is 0 Å². The Morgan fingerprint density at radius 2 is 2.38 bits per heavy atom.